The number of alkyl halides is 3. The Kier molecular flexibility index (Phi) is 5.71. The summed E-state index contributed by atoms with van der Waals surface area (Å²) < 4.78 is 64.7. The molecule has 0 atom stereocenters. The molecular formula is C16H12Cl2F3NO2S. The number of anilines is 1. The van der Waals surface area contributed by atoms with E-state index in [0.717, 1.165) is 28.6 Å². The lowest BCUT2D eigenvalue weighted by molar-refractivity contribution is -0.137. The Hall–Kier alpha value is -1.70. The van der Waals surface area contributed by atoms with Gasteiger partial charge in [0.25, 0.3) is 10.0 Å². The Morgan fingerprint density at radius 1 is 1.08 bits per heavy atom. The first-order valence-corrected chi connectivity index (χ1v) is 9.03. The molecule has 0 spiro atoms. The highest BCUT2D eigenvalue weighted by Crippen LogP contribution is 2.33. The highest BCUT2D eigenvalue weighted by Gasteiger charge is 2.31. The fourth-order valence-corrected chi connectivity index (χ4v) is 4.25. The van der Waals surface area contributed by atoms with E-state index in [0.29, 0.717) is 0 Å². The average molecular weight is 410 g/mol. The van der Waals surface area contributed by atoms with Crippen LogP contribution in [0, 0.1) is 0 Å². The number of hydrogen-bond acceptors (Lipinski definition) is 2. The van der Waals surface area contributed by atoms with Crippen molar-refractivity contribution in [2.24, 2.45) is 0 Å². The molecule has 0 N–H and O–H groups in total. The van der Waals surface area contributed by atoms with Gasteiger partial charge in [-0.15, -0.1) is 6.58 Å². The van der Waals surface area contributed by atoms with Gasteiger partial charge in [0, 0.05) is 5.02 Å². The van der Waals surface area contributed by atoms with Crippen molar-refractivity contribution in [3.05, 3.63) is 70.7 Å². The molecule has 0 saturated heterocycles. The third-order valence-electron chi connectivity index (χ3n) is 3.24. The number of benzene rings is 2. The smallest absolute Gasteiger partial charge is 0.262 e. The van der Waals surface area contributed by atoms with E-state index >= 15 is 0 Å². The third-order valence-corrected chi connectivity index (χ3v) is 5.75. The second kappa shape index (κ2) is 7.27. The molecular weight excluding hydrogens is 398 g/mol. The largest absolute Gasteiger partial charge is 0.416 e. The zero-order valence-corrected chi connectivity index (χ0v) is 14.9. The van der Waals surface area contributed by atoms with E-state index in [1.54, 1.807) is 0 Å². The standard InChI is InChI=1S/C16H12Cl2F3NO2S/c1-2-9-22(13-6-3-11(4-7-13)16(19,20)21)25(23,24)15-10-12(17)5-8-14(15)18/h2-8,10H,1,9H2. The van der Waals surface area contributed by atoms with Crippen LogP contribution in [0.15, 0.2) is 60.0 Å². The molecule has 0 amide bonds. The van der Waals surface area contributed by atoms with Crippen molar-refractivity contribution in [2.45, 2.75) is 11.1 Å². The van der Waals surface area contributed by atoms with Crippen LogP contribution in [-0.4, -0.2) is 15.0 Å². The summed E-state index contributed by atoms with van der Waals surface area (Å²) in [5.74, 6) is 0. The van der Waals surface area contributed by atoms with Crippen LogP contribution < -0.4 is 4.31 Å². The summed E-state index contributed by atoms with van der Waals surface area (Å²) in [6, 6.07) is 7.69. The summed E-state index contributed by atoms with van der Waals surface area (Å²) in [6.45, 7) is 3.33. The maximum Gasteiger partial charge on any atom is 0.416 e. The van der Waals surface area contributed by atoms with Crippen LogP contribution in [0.5, 0.6) is 0 Å². The van der Waals surface area contributed by atoms with E-state index in [1.165, 1.54) is 24.3 Å². The topological polar surface area (TPSA) is 37.4 Å². The summed E-state index contributed by atoms with van der Waals surface area (Å²) in [5, 5.41) is 0.110. The van der Waals surface area contributed by atoms with Gasteiger partial charge in [-0.25, -0.2) is 8.42 Å². The predicted octanol–water partition coefficient (Wildman–Crippen LogP) is 5.39. The van der Waals surface area contributed by atoms with E-state index in [-0.39, 0.29) is 27.2 Å². The molecule has 0 fully saturated rings. The highest BCUT2D eigenvalue weighted by atomic mass is 35.5. The molecule has 0 aliphatic rings. The molecule has 0 bridgehead atoms. The Labute approximate surface area is 153 Å². The molecule has 0 aromatic heterocycles. The molecule has 25 heavy (non-hydrogen) atoms. The van der Waals surface area contributed by atoms with Gasteiger partial charge < -0.3 is 0 Å². The van der Waals surface area contributed by atoms with E-state index < -0.39 is 21.8 Å². The van der Waals surface area contributed by atoms with Crippen molar-refractivity contribution in [3.63, 3.8) is 0 Å². The molecule has 0 aliphatic carbocycles. The molecule has 2 aromatic rings. The molecule has 0 saturated carbocycles. The molecule has 0 heterocycles. The first-order valence-electron chi connectivity index (χ1n) is 6.83. The van der Waals surface area contributed by atoms with Crippen LogP contribution in [0.1, 0.15) is 5.56 Å². The quantitative estimate of drug-likeness (QED) is 0.620. The lowest BCUT2D eigenvalue weighted by Gasteiger charge is -2.24. The Bertz CT molecular complexity index is 881. The fourth-order valence-electron chi connectivity index (χ4n) is 2.07. The van der Waals surface area contributed by atoms with Crippen LogP contribution in [-0.2, 0) is 16.2 Å². The van der Waals surface area contributed by atoms with Gasteiger partial charge in [0.15, 0.2) is 0 Å². The first-order chi connectivity index (χ1) is 11.6. The van der Waals surface area contributed by atoms with E-state index in [9.17, 15) is 21.6 Å². The van der Waals surface area contributed by atoms with Crippen molar-refractivity contribution in [3.8, 4) is 0 Å². The van der Waals surface area contributed by atoms with Crippen LogP contribution in [0.3, 0.4) is 0 Å². The van der Waals surface area contributed by atoms with Gasteiger partial charge in [0.05, 0.1) is 22.8 Å². The van der Waals surface area contributed by atoms with Crippen molar-refractivity contribution in [1.82, 2.24) is 0 Å². The Morgan fingerprint density at radius 2 is 1.68 bits per heavy atom. The second-order valence-corrected chi connectivity index (χ2v) is 7.62. The third kappa shape index (κ3) is 4.29. The van der Waals surface area contributed by atoms with Crippen LogP contribution in [0.4, 0.5) is 18.9 Å². The number of sulfonamides is 1. The molecule has 0 aliphatic heterocycles. The van der Waals surface area contributed by atoms with Gasteiger partial charge >= 0.3 is 6.18 Å². The molecule has 2 aromatic carbocycles. The lowest BCUT2D eigenvalue weighted by atomic mass is 10.2. The second-order valence-electron chi connectivity index (χ2n) is 4.94. The van der Waals surface area contributed by atoms with E-state index in [2.05, 4.69) is 6.58 Å². The summed E-state index contributed by atoms with van der Waals surface area (Å²) in [6.07, 6.45) is -3.20. The van der Waals surface area contributed by atoms with Gasteiger partial charge in [-0.3, -0.25) is 4.31 Å². The van der Waals surface area contributed by atoms with Crippen LogP contribution >= 0.6 is 23.2 Å². The molecule has 0 radical (unpaired) electrons. The average Bonchev–Trinajstić information content (AvgIpc) is 2.54. The summed E-state index contributed by atoms with van der Waals surface area (Å²) in [5.41, 5.74) is -0.836. The summed E-state index contributed by atoms with van der Waals surface area (Å²) in [7, 11) is -4.15. The van der Waals surface area contributed by atoms with Gasteiger partial charge in [-0.05, 0) is 42.5 Å². The number of rotatable bonds is 5. The molecule has 2 rings (SSSR count). The minimum Gasteiger partial charge on any atom is -0.262 e. The van der Waals surface area contributed by atoms with Crippen molar-refractivity contribution < 1.29 is 21.6 Å². The van der Waals surface area contributed by atoms with Crippen molar-refractivity contribution in [2.75, 3.05) is 10.8 Å². The SMILES string of the molecule is C=CCN(c1ccc(C(F)(F)F)cc1)S(=O)(=O)c1cc(Cl)ccc1Cl. The van der Waals surface area contributed by atoms with Gasteiger partial charge in [-0.1, -0.05) is 29.3 Å². The molecule has 9 heteroatoms. The first kappa shape index (κ1) is 19.6. The lowest BCUT2D eigenvalue weighted by Crippen LogP contribution is -2.31. The van der Waals surface area contributed by atoms with Crippen molar-refractivity contribution >= 4 is 38.9 Å². The minimum absolute atomic E-state index is 0.0453. The molecule has 0 unspecified atom stereocenters. The number of hydrogen-bond donors (Lipinski definition) is 0. The van der Waals surface area contributed by atoms with Gasteiger partial charge in [0.1, 0.15) is 4.90 Å². The van der Waals surface area contributed by atoms with Crippen LogP contribution in [0.25, 0.3) is 0 Å². The molecule has 134 valence electrons. The monoisotopic (exact) mass is 409 g/mol. The van der Waals surface area contributed by atoms with Crippen molar-refractivity contribution in [1.29, 1.82) is 0 Å². The number of halogens is 5. The van der Waals surface area contributed by atoms with Gasteiger partial charge in [-0.2, -0.15) is 13.2 Å². The van der Waals surface area contributed by atoms with E-state index in [4.69, 9.17) is 23.2 Å². The zero-order valence-electron chi connectivity index (χ0n) is 12.6. The fraction of sp³-hybridized carbons (Fsp3) is 0.125. The van der Waals surface area contributed by atoms with Gasteiger partial charge in [0.2, 0.25) is 0 Å². The summed E-state index contributed by atoms with van der Waals surface area (Å²) >= 11 is 11.8. The molecule has 3 nitrogen and oxygen atoms in total. The maximum atomic E-state index is 12.9. The number of nitrogens with zero attached hydrogens (tertiary/aromatic N) is 1. The minimum atomic E-state index is -4.52. The van der Waals surface area contributed by atoms with E-state index in [1.807, 2.05) is 0 Å². The maximum absolute atomic E-state index is 12.9. The van der Waals surface area contributed by atoms with Crippen LogP contribution in [0.2, 0.25) is 10.0 Å². The highest BCUT2D eigenvalue weighted by molar-refractivity contribution is 7.93. The normalized spacial score (nSPS) is 12.0. The zero-order chi connectivity index (χ0) is 18.8. The summed E-state index contributed by atoms with van der Waals surface area (Å²) in [4.78, 5) is -0.247. The predicted molar refractivity (Wildman–Crippen MR) is 92.6 cm³/mol. The Morgan fingerprint density at radius 3 is 2.20 bits per heavy atom. The Balaban J connectivity index is 2.53.